The Morgan fingerprint density at radius 3 is 1.78 bits per heavy atom. The molecule has 192 valence electrons. The van der Waals surface area contributed by atoms with Crippen molar-refractivity contribution in [3.05, 3.63) is 88.3 Å². The molecule has 0 unspecified atom stereocenters. The van der Waals surface area contributed by atoms with Crippen LogP contribution in [0.25, 0.3) is 0 Å². The van der Waals surface area contributed by atoms with Crippen LogP contribution in [0.4, 0.5) is 0 Å². The molecular formula is C28H33NO7. The molecule has 0 radical (unpaired) electrons. The maximum absolute atomic E-state index is 13.1. The highest BCUT2D eigenvalue weighted by atomic mass is 16.6. The van der Waals surface area contributed by atoms with Gasteiger partial charge in [-0.1, -0.05) is 42.5 Å². The maximum Gasteiger partial charge on any atom is 0.336 e. The Kier molecular flexibility index (Phi) is 10.1. The fourth-order valence-electron chi connectivity index (χ4n) is 3.96. The van der Waals surface area contributed by atoms with Crippen LogP contribution >= 0.6 is 0 Å². The van der Waals surface area contributed by atoms with Crippen LogP contribution in [-0.4, -0.2) is 52.6 Å². The number of allylic oxidation sites excluding steroid dienone is 2. The van der Waals surface area contributed by atoms with Gasteiger partial charge in [0.15, 0.2) is 0 Å². The van der Waals surface area contributed by atoms with Crippen LogP contribution in [0.1, 0.15) is 30.9 Å². The summed E-state index contributed by atoms with van der Waals surface area (Å²) in [5.74, 6) is -1.06. The first-order chi connectivity index (χ1) is 17.5. The molecule has 0 spiro atoms. The molecule has 1 N–H and O–H groups in total. The lowest BCUT2D eigenvalue weighted by Crippen LogP contribution is -2.33. The van der Waals surface area contributed by atoms with Crippen molar-refractivity contribution in [1.82, 2.24) is 5.32 Å². The molecule has 1 aliphatic rings. The molecule has 0 aromatic heterocycles. The Morgan fingerprint density at radius 2 is 1.28 bits per heavy atom. The number of hydrogen-bond acceptors (Lipinski definition) is 8. The zero-order valence-electron chi connectivity index (χ0n) is 21.2. The van der Waals surface area contributed by atoms with Crippen molar-refractivity contribution in [1.29, 1.82) is 0 Å². The van der Waals surface area contributed by atoms with Gasteiger partial charge >= 0.3 is 11.9 Å². The SMILES string of the molecule is COCCOC(=O)C1=C(C)NC(C)=C(C(=O)OCCOC)C1c1ccc(OCc2ccccc2)cc1. The third-order valence-electron chi connectivity index (χ3n) is 5.70. The minimum Gasteiger partial charge on any atom is -0.489 e. The summed E-state index contributed by atoms with van der Waals surface area (Å²) in [6.07, 6.45) is 0. The average molecular weight is 496 g/mol. The van der Waals surface area contributed by atoms with Crippen molar-refractivity contribution in [3.63, 3.8) is 0 Å². The molecular weight excluding hydrogens is 462 g/mol. The topological polar surface area (TPSA) is 92.3 Å². The van der Waals surface area contributed by atoms with Crippen LogP contribution in [-0.2, 0) is 35.1 Å². The molecule has 0 saturated heterocycles. The van der Waals surface area contributed by atoms with Gasteiger partial charge in [0.25, 0.3) is 0 Å². The van der Waals surface area contributed by atoms with E-state index in [-0.39, 0.29) is 26.4 Å². The van der Waals surface area contributed by atoms with Crippen LogP contribution < -0.4 is 10.1 Å². The van der Waals surface area contributed by atoms with E-state index in [0.29, 0.717) is 34.9 Å². The Balaban J connectivity index is 1.90. The van der Waals surface area contributed by atoms with Gasteiger partial charge in [-0.3, -0.25) is 0 Å². The van der Waals surface area contributed by atoms with Crippen molar-refractivity contribution in [2.45, 2.75) is 26.4 Å². The number of carbonyl (C=O) groups excluding carboxylic acids is 2. The largest absolute Gasteiger partial charge is 0.489 e. The minimum absolute atomic E-state index is 0.0986. The second kappa shape index (κ2) is 13.5. The van der Waals surface area contributed by atoms with Gasteiger partial charge in [0, 0.05) is 25.6 Å². The lowest BCUT2D eigenvalue weighted by Gasteiger charge is -2.30. The van der Waals surface area contributed by atoms with Crippen LogP contribution in [0.15, 0.2) is 77.1 Å². The predicted molar refractivity (Wildman–Crippen MR) is 134 cm³/mol. The van der Waals surface area contributed by atoms with E-state index in [9.17, 15) is 9.59 Å². The van der Waals surface area contributed by atoms with Crippen molar-refractivity contribution >= 4 is 11.9 Å². The zero-order valence-corrected chi connectivity index (χ0v) is 21.2. The fraction of sp³-hybridized carbons (Fsp3) is 0.357. The van der Waals surface area contributed by atoms with Gasteiger partial charge in [-0.05, 0) is 37.1 Å². The number of carbonyl (C=O) groups is 2. The Morgan fingerprint density at radius 1 is 0.750 bits per heavy atom. The monoisotopic (exact) mass is 495 g/mol. The summed E-state index contributed by atoms with van der Waals surface area (Å²) in [6.45, 7) is 4.74. The molecule has 8 nitrogen and oxygen atoms in total. The fourth-order valence-corrected chi connectivity index (χ4v) is 3.96. The van der Waals surface area contributed by atoms with Crippen molar-refractivity contribution < 1.29 is 33.3 Å². The second-order valence-electron chi connectivity index (χ2n) is 8.24. The molecule has 1 aliphatic heterocycles. The van der Waals surface area contributed by atoms with Gasteiger partial charge in [0.05, 0.1) is 30.3 Å². The standard InChI is InChI=1S/C28H33NO7/c1-19-24(27(30)34-16-14-32-3)26(25(20(2)29-19)28(31)35-17-15-33-4)22-10-12-23(13-11-22)36-18-21-8-6-5-7-9-21/h5-13,26,29H,14-18H2,1-4H3. The summed E-state index contributed by atoms with van der Waals surface area (Å²) in [6, 6.07) is 17.2. The molecule has 1 heterocycles. The molecule has 2 aromatic carbocycles. The van der Waals surface area contributed by atoms with Crippen LogP contribution in [0.2, 0.25) is 0 Å². The summed E-state index contributed by atoms with van der Waals surface area (Å²) in [7, 11) is 3.07. The highest BCUT2D eigenvalue weighted by molar-refractivity contribution is 5.99. The summed E-state index contributed by atoms with van der Waals surface area (Å²) in [4.78, 5) is 26.3. The molecule has 0 atom stereocenters. The molecule has 0 bridgehead atoms. The summed E-state index contributed by atoms with van der Waals surface area (Å²) >= 11 is 0. The first-order valence-electron chi connectivity index (χ1n) is 11.7. The number of dihydropyridines is 1. The molecule has 8 heteroatoms. The van der Waals surface area contributed by atoms with Gasteiger partial charge in [-0.2, -0.15) is 0 Å². The lowest BCUT2D eigenvalue weighted by molar-refractivity contribution is -0.141. The third-order valence-corrected chi connectivity index (χ3v) is 5.70. The average Bonchev–Trinajstić information content (AvgIpc) is 2.88. The third kappa shape index (κ3) is 6.96. The summed E-state index contributed by atoms with van der Waals surface area (Å²) in [5.41, 5.74) is 3.69. The number of hydrogen-bond donors (Lipinski definition) is 1. The molecule has 3 rings (SSSR count). The van der Waals surface area contributed by atoms with E-state index in [0.717, 1.165) is 11.1 Å². The van der Waals surface area contributed by atoms with Crippen LogP contribution in [0, 0.1) is 0 Å². The van der Waals surface area contributed by atoms with Gasteiger partial charge in [-0.15, -0.1) is 0 Å². The second-order valence-corrected chi connectivity index (χ2v) is 8.24. The van der Waals surface area contributed by atoms with E-state index in [1.54, 1.807) is 13.8 Å². The maximum atomic E-state index is 13.1. The quantitative estimate of drug-likeness (QED) is 0.350. The molecule has 0 amide bonds. The number of nitrogens with one attached hydrogen (secondary N) is 1. The lowest BCUT2D eigenvalue weighted by atomic mass is 9.80. The number of benzene rings is 2. The first-order valence-corrected chi connectivity index (χ1v) is 11.7. The van der Waals surface area contributed by atoms with Gasteiger partial charge in [-0.25, -0.2) is 9.59 Å². The van der Waals surface area contributed by atoms with Gasteiger partial charge in [0.1, 0.15) is 25.6 Å². The van der Waals surface area contributed by atoms with Crippen LogP contribution in [0.5, 0.6) is 5.75 Å². The number of rotatable bonds is 12. The van der Waals surface area contributed by atoms with Crippen LogP contribution in [0.3, 0.4) is 0 Å². The van der Waals surface area contributed by atoms with E-state index in [2.05, 4.69) is 5.32 Å². The summed E-state index contributed by atoms with van der Waals surface area (Å²) < 4.78 is 26.8. The van der Waals surface area contributed by atoms with Crippen molar-refractivity contribution in [3.8, 4) is 5.75 Å². The van der Waals surface area contributed by atoms with Crippen molar-refractivity contribution in [2.75, 3.05) is 40.6 Å². The Hall–Kier alpha value is -3.62. The predicted octanol–water partition coefficient (Wildman–Crippen LogP) is 3.88. The molecule has 36 heavy (non-hydrogen) atoms. The first kappa shape index (κ1) is 27.0. The zero-order chi connectivity index (χ0) is 25.9. The smallest absolute Gasteiger partial charge is 0.336 e. The number of methoxy groups -OCH3 is 2. The highest BCUT2D eigenvalue weighted by Crippen LogP contribution is 2.39. The van der Waals surface area contributed by atoms with E-state index >= 15 is 0 Å². The minimum atomic E-state index is -0.681. The highest BCUT2D eigenvalue weighted by Gasteiger charge is 2.38. The Labute approximate surface area is 211 Å². The normalized spacial score (nSPS) is 13.9. The van der Waals surface area contributed by atoms with E-state index < -0.39 is 17.9 Å². The van der Waals surface area contributed by atoms with Gasteiger partial charge < -0.3 is 29.0 Å². The number of ether oxygens (including phenoxy) is 5. The Bertz CT molecular complexity index is 1050. The summed E-state index contributed by atoms with van der Waals surface area (Å²) in [5, 5.41) is 3.14. The molecule has 0 fully saturated rings. The van der Waals surface area contributed by atoms with Gasteiger partial charge in [0.2, 0.25) is 0 Å². The molecule has 0 aliphatic carbocycles. The van der Waals surface area contributed by atoms with E-state index in [1.165, 1.54) is 14.2 Å². The number of esters is 2. The molecule has 0 saturated carbocycles. The molecule has 2 aromatic rings. The van der Waals surface area contributed by atoms with Crippen molar-refractivity contribution in [2.24, 2.45) is 0 Å². The van der Waals surface area contributed by atoms with E-state index in [1.807, 2.05) is 54.6 Å². The van der Waals surface area contributed by atoms with E-state index in [4.69, 9.17) is 23.7 Å².